The Morgan fingerprint density at radius 3 is 2.67 bits per heavy atom. The number of nitrogens with two attached hydrogens (primary N) is 1. The molecule has 0 heterocycles. The van der Waals surface area contributed by atoms with Gasteiger partial charge in [-0.3, -0.25) is 0 Å². The van der Waals surface area contributed by atoms with Crippen LogP contribution < -0.4 is 16.0 Å². The molecule has 0 fully saturated rings. The van der Waals surface area contributed by atoms with Crippen LogP contribution in [0.2, 0.25) is 0 Å². The molecule has 0 aromatic heterocycles. The summed E-state index contributed by atoms with van der Waals surface area (Å²) in [5.74, 6) is 5.85. The summed E-state index contributed by atoms with van der Waals surface area (Å²) in [6, 6.07) is 9.44. The Labute approximate surface area is 76.5 Å². The third-order valence-electron chi connectivity index (χ3n) is 1.27. The van der Waals surface area contributed by atoms with E-state index in [9.17, 15) is 0 Å². The van der Waals surface area contributed by atoms with Crippen molar-refractivity contribution in [2.75, 3.05) is 6.61 Å². The largest absolute Gasteiger partial charge is 0.486 e. The van der Waals surface area contributed by atoms with Crippen LogP contribution in [0, 0.1) is 0 Å². The zero-order chi connectivity index (χ0) is 8.81. The van der Waals surface area contributed by atoms with E-state index in [-0.39, 0.29) is 0 Å². The molecule has 0 aliphatic carbocycles. The smallest absolute Gasteiger partial charge is 0.139 e. The van der Waals surface area contributed by atoms with Crippen LogP contribution in [-0.4, -0.2) is 11.6 Å². The number of nitrogens with one attached hydrogen (secondary N) is 1. The number of para-hydroxylation sites is 1. The normalized spacial score (nSPS) is 9.08. The van der Waals surface area contributed by atoms with Gasteiger partial charge in [-0.2, -0.15) is 0 Å². The minimum Gasteiger partial charge on any atom is -0.486 e. The summed E-state index contributed by atoms with van der Waals surface area (Å²) in [7, 11) is 0. The number of rotatable bonds is 3. The molecule has 64 valence electrons. The van der Waals surface area contributed by atoms with Gasteiger partial charge in [0, 0.05) is 0 Å². The lowest BCUT2D eigenvalue weighted by Gasteiger charge is -2.05. The molecule has 0 spiro atoms. The van der Waals surface area contributed by atoms with Gasteiger partial charge < -0.3 is 10.2 Å². The highest BCUT2D eigenvalue weighted by atomic mass is 32.1. The van der Waals surface area contributed by atoms with E-state index < -0.39 is 0 Å². The maximum Gasteiger partial charge on any atom is 0.139 e. The highest BCUT2D eigenvalue weighted by molar-refractivity contribution is 7.80. The van der Waals surface area contributed by atoms with Gasteiger partial charge in [-0.1, -0.05) is 30.4 Å². The quantitative estimate of drug-likeness (QED) is 0.413. The van der Waals surface area contributed by atoms with E-state index in [1.165, 1.54) is 0 Å². The summed E-state index contributed by atoms with van der Waals surface area (Å²) in [6.45, 7) is 0.315. The molecule has 0 unspecified atom stereocenters. The molecule has 0 aliphatic heterocycles. The molecule has 3 nitrogen and oxygen atoms in total. The highest BCUT2D eigenvalue weighted by Gasteiger charge is 1.94. The molecule has 0 amide bonds. The Morgan fingerprint density at radius 2 is 2.08 bits per heavy atom. The predicted octanol–water partition coefficient (Wildman–Crippen LogP) is 0.856. The topological polar surface area (TPSA) is 47.3 Å². The maximum absolute atomic E-state index is 5.27. The van der Waals surface area contributed by atoms with Crippen LogP contribution in [0.3, 0.4) is 0 Å². The van der Waals surface area contributed by atoms with E-state index in [0.29, 0.717) is 11.6 Å². The van der Waals surface area contributed by atoms with Crippen molar-refractivity contribution in [3.05, 3.63) is 30.3 Å². The Bertz CT molecular complexity index is 250. The Morgan fingerprint density at radius 1 is 1.42 bits per heavy atom. The summed E-state index contributed by atoms with van der Waals surface area (Å²) in [6.07, 6.45) is 0. The molecule has 0 saturated heterocycles. The van der Waals surface area contributed by atoms with Crippen LogP contribution in [0.25, 0.3) is 0 Å². The van der Waals surface area contributed by atoms with Crippen molar-refractivity contribution in [1.82, 2.24) is 5.43 Å². The number of thiocarbonyl (C=S) groups is 1. The molecule has 0 radical (unpaired) electrons. The first-order valence-corrected chi connectivity index (χ1v) is 3.91. The second-order valence-corrected chi connectivity index (χ2v) is 2.66. The first-order chi connectivity index (χ1) is 5.83. The molecule has 0 saturated carbocycles. The van der Waals surface area contributed by atoms with Crippen LogP contribution in [0.4, 0.5) is 0 Å². The third-order valence-corrected chi connectivity index (χ3v) is 1.51. The van der Waals surface area contributed by atoms with Gasteiger partial charge in [-0.15, -0.1) is 0 Å². The molecule has 0 atom stereocenters. The lowest BCUT2D eigenvalue weighted by molar-refractivity contribution is 0.375. The van der Waals surface area contributed by atoms with Crippen molar-refractivity contribution < 1.29 is 4.74 Å². The fourth-order valence-electron chi connectivity index (χ4n) is 0.707. The van der Waals surface area contributed by atoms with Crippen LogP contribution in [0.1, 0.15) is 0 Å². The number of hydrazine groups is 1. The standard InChI is InChI=1S/C8H10N2OS/c9-10-8(12)6-11-7-4-2-1-3-5-7/h1-5H,6,9H2,(H,10,12). The van der Waals surface area contributed by atoms with Crippen molar-refractivity contribution in [1.29, 1.82) is 0 Å². The lowest BCUT2D eigenvalue weighted by atomic mass is 10.3. The average molecular weight is 182 g/mol. The molecular weight excluding hydrogens is 172 g/mol. The molecule has 1 aromatic carbocycles. The SMILES string of the molecule is NNC(=S)COc1ccccc1. The average Bonchev–Trinajstić information content (AvgIpc) is 2.16. The van der Waals surface area contributed by atoms with Gasteiger partial charge >= 0.3 is 0 Å². The minimum atomic E-state index is 0.315. The molecule has 1 rings (SSSR count). The van der Waals surface area contributed by atoms with Crippen molar-refractivity contribution >= 4 is 17.2 Å². The monoisotopic (exact) mass is 182 g/mol. The van der Waals surface area contributed by atoms with Gasteiger partial charge in [0.25, 0.3) is 0 Å². The molecule has 12 heavy (non-hydrogen) atoms. The summed E-state index contributed by atoms with van der Waals surface area (Å²) in [5, 5.41) is 0. The van der Waals surface area contributed by atoms with Crippen molar-refractivity contribution in [3.63, 3.8) is 0 Å². The first kappa shape index (κ1) is 8.96. The number of ether oxygens (including phenoxy) is 1. The highest BCUT2D eigenvalue weighted by Crippen LogP contribution is 2.07. The van der Waals surface area contributed by atoms with E-state index in [4.69, 9.17) is 22.8 Å². The molecule has 3 N–H and O–H groups in total. The molecule has 0 bridgehead atoms. The van der Waals surface area contributed by atoms with Crippen molar-refractivity contribution in [2.45, 2.75) is 0 Å². The van der Waals surface area contributed by atoms with Crippen LogP contribution in [0.5, 0.6) is 5.75 Å². The lowest BCUT2D eigenvalue weighted by Crippen LogP contribution is -2.32. The first-order valence-electron chi connectivity index (χ1n) is 3.50. The zero-order valence-electron chi connectivity index (χ0n) is 6.49. The molecule has 0 aliphatic rings. The summed E-state index contributed by atoms with van der Waals surface area (Å²) in [4.78, 5) is 0.485. The van der Waals surface area contributed by atoms with Gasteiger partial charge in [0.05, 0.1) is 0 Å². The van der Waals surface area contributed by atoms with E-state index >= 15 is 0 Å². The number of hydrogen-bond acceptors (Lipinski definition) is 3. The molecule has 1 aromatic rings. The fraction of sp³-hybridized carbons (Fsp3) is 0.125. The number of hydrogen-bond donors (Lipinski definition) is 2. The van der Waals surface area contributed by atoms with E-state index in [0.717, 1.165) is 5.75 Å². The molecular formula is C8H10N2OS. The predicted molar refractivity (Wildman–Crippen MR) is 51.9 cm³/mol. The Balaban J connectivity index is 2.38. The van der Waals surface area contributed by atoms with Gasteiger partial charge in [0.1, 0.15) is 17.3 Å². The van der Waals surface area contributed by atoms with Crippen LogP contribution in [-0.2, 0) is 0 Å². The Hall–Kier alpha value is -1.13. The second-order valence-electron chi connectivity index (χ2n) is 2.17. The van der Waals surface area contributed by atoms with Gasteiger partial charge in [0.15, 0.2) is 0 Å². The van der Waals surface area contributed by atoms with Crippen LogP contribution >= 0.6 is 12.2 Å². The van der Waals surface area contributed by atoms with Gasteiger partial charge in [0.2, 0.25) is 0 Å². The summed E-state index contributed by atoms with van der Waals surface area (Å²) in [5.41, 5.74) is 2.34. The number of benzene rings is 1. The fourth-order valence-corrected chi connectivity index (χ4v) is 0.766. The zero-order valence-corrected chi connectivity index (χ0v) is 7.30. The van der Waals surface area contributed by atoms with E-state index in [2.05, 4.69) is 5.43 Å². The van der Waals surface area contributed by atoms with E-state index in [1.54, 1.807) is 0 Å². The summed E-state index contributed by atoms with van der Waals surface area (Å²) >= 11 is 4.79. The molecule has 4 heteroatoms. The maximum atomic E-state index is 5.27. The minimum absolute atomic E-state index is 0.315. The van der Waals surface area contributed by atoms with Crippen molar-refractivity contribution in [2.24, 2.45) is 5.84 Å². The second kappa shape index (κ2) is 4.69. The van der Waals surface area contributed by atoms with Crippen LogP contribution in [0.15, 0.2) is 30.3 Å². The third kappa shape index (κ3) is 2.86. The van der Waals surface area contributed by atoms with Gasteiger partial charge in [-0.25, -0.2) is 5.84 Å². The van der Waals surface area contributed by atoms with Gasteiger partial charge in [-0.05, 0) is 12.1 Å². The van der Waals surface area contributed by atoms with E-state index in [1.807, 2.05) is 30.3 Å². The summed E-state index contributed by atoms with van der Waals surface area (Å²) < 4.78 is 5.27. The van der Waals surface area contributed by atoms with Crippen molar-refractivity contribution in [3.8, 4) is 5.75 Å². The Kier molecular flexibility index (Phi) is 3.50.